The summed E-state index contributed by atoms with van der Waals surface area (Å²) < 4.78 is 10.2. The van der Waals surface area contributed by atoms with Gasteiger partial charge in [0.2, 0.25) is 5.89 Å². The van der Waals surface area contributed by atoms with Gasteiger partial charge in [-0.25, -0.2) is 0 Å². The molecule has 0 fully saturated rings. The van der Waals surface area contributed by atoms with Gasteiger partial charge in [-0.3, -0.25) is 4.79 Å². The minimum Gasteiger partial charge on any atom is -0.453 e. The molecule has 0 aliphatic heterocycles. The van der Waals surface area contributed by atoms with Crippen LogP contribution in [-0.2, 0) is 13.0 Å². The number of hydrogen-bond acceptors (Lipinski definition) is 6. The predicted molar refractivity (Wildman–Crippen MR) is 64.2 cm³/mol. The Morgan fingerprint density at radius 2 is 2.32 bits per heavy atom. The zero-order valence-electron chi connectivity index (χ0n) is 10.7. The zero-order chi connectivity index (χ0) is 13.8. The Morgan fingerprint density at radius 1 is 1.53 bits per heavy atom. The molecule has 0 saturated carbocycles. The molecule has 0 saturated heterocycles. The average Bonchev–Trinajstić information content (AvgIpc) is 3.07. The van der Waals surface area contributed by atoms with Crippen molar-refractivity contribution in [2.75, 3.05) is 0 Å². The van der Waals surface area contributed by atoms with Gasteiger partial charge in [0, 0.05) is 6.42 Å². The largest absolute Gasteiger partial charge is 0.453 e. The molecule has 0 aromatic carbocycles. The molecule has 2 aromatic heterocycles. The number of carbonyl (C=O) groups is 1. The molecule has 0 radical (unpaired) electrons. The van der Waals surface area contributed by atoms with E-state index in [1.807, 2.05) is 6.92 Å². The van der Waals surface area contributed by atoms with Crippen LogP contribution in [0.15, 0.2) is 21.1 Å². The number of nitrogens with one attached hydrogen (secondary N) is 1. The highest BCUT2D eigenvalue weighted by Gasteiger charge is 2.19. The number of aliphatic hydroxyl groups excluding tert-OH is 1. The van der Waals surface area contributed by atoms with Crippen molar-refractivity contribution < 1.29 is 18.8 Å². The van der Waals surface area contributed by atoms with Crippen LogP contribution < -0.4 is 5.32 Å². The van der Waals surface area contributed by atoms with Crippen LogP contribution in [0.2, 0.25) is 0 Å². The second kappa shape index (κ2) is 5.66. The van der Waals surface area contributed by atoms with Gasteiger partial charge in [0.15, 0.2) is 11.6 Å². The van der Waals surface area contributed by atoms with Crippen LogP contribution in [0.3, 0.4) is 0 Å². The Labute approximate surface area is 109 Å². The highest BCUT2D eigenvalue weighted by atomic mass is 16.5. The summed E-state index contributed by atoms with van der Waals surface area (Å²) in [4.78, 5) is 16.0. The summed E-state index contributed by atoms with van der Waals surface area (Å²) >= 11 is 0. The maximum absolute atomic E-state index is 11.9. The Morgan fingerprint density at radius 3 is 2.89 bits per heavy atom. The van der Waals surface area contributed by atoms with Gasteiger partial charge in [-0.15, -0.1) is 0 Å². The molecular weight excluding hydrogens is 250 g/mol. The van der Waals surface area contributed by atoms with Crippen molar-refractivity contribution in [1.82, 2.24) is 15.5 Å². The van der Waals surface area contributed by atoms with Crippen molar-refractivity contribution >= 4 is 5.91 Å². The van der Waals surface area contributed by atoms with Crippen LogP contribution in [0.4, 0.5) is 0 Å². The number of aliphatic hydroxyl groups is 1. The summed E-state index contributed by atoms with van der Waals surface area (Å²) in [5, 5.41) is 15.3. The quantitative estimate of drug-likeness (QED) is 0.842. The summed E-state index contributed by atoms with van der Waals surface area (Å²) in [5.74, 6) is 1.01. The van der Waals surface area contributed by atoms with E-state index in [0.717, 1.165) is 0 Å². The Balaban J connectivity index is 2.01. The molecule has 1 atom stereocenters. The molecule has 1 amide bonds. The predicted octanol–water partition coefficient (Wildman–Crippen LogP) is 1.21. The second-order valence-corrected chi connectivity index (χ2v) is 4.02. The van der Waals surface area contributed by atoms with Gasteiger partial charge in [0.1, 0.15) is 18.4 Å². The van der Waals surface area contributed by atoms with Crippen molar-refractivity contribution in [1.29, 1.82) is 0 Å². The van der Waals surface area contributed by atoms with Crippen molar-refractivity contribution in [3.8, 4) is 0 Å². The molecule has 2 N–H and O–H groups in total. The van der Waals surface area contributed by atoms with E-state index in [0.29, 0.717) is 23.9 Å². The van der Waals surface area contributed by atoms with Gasteiger partial charge in [0.25, 0.3) is 5.91 Å². The third kappa shape index (κ3) is 3.00. The fourth-order valence-corrected chi connectivity index (χ4v) is 1.50. The molecule has 7 nitrogen and oxygen atoms in total. The van der Waals surface area contributed by atoms with E-state index in [9.17, 15) is 4.79 Å². The van der Waals surface area contributed by atoms with Gasteiger partial charge < -0.3 is 19.4 Å². The molecule has 102 valence electrons. The van der Waals surface area contributed by atoms with Gasteiger partial charge in [-0.2, -0.15) is 4.98 Å². The van der Waals surface area contributed by atoms with Crippen LogP contribution in [0, 0.1) is 0 Å². The summed E-state index contributed by atoms with van der Waals surface area (Å²) in [6.07, 6.45) is 0.669. The molecule has 19 heavy (non-hydrogen) atoms. The third-order valence-corrected chi connectivity index (χ3v) is 2.56. The van der Waals surface area contributed by atoms with Crippen LogP contribution in [0.1, 0.15) is 47.9 Å². The number of amides is 1. The van der Waals surface area contributed by atoms with E-state index in [1.54, 1.807) is 13.0 Å². The Hall–Kier alpha value is -2.15. The SMILES string of the molecule is CCc1noc(C(C)NC(=O)c2ccc(CO)o2)n1. The number of rotatable bonds is 5. The third-order valence-electron chi connectivity index (χ3n) is 2.56. The van der Waals surface area contributed by atoms with Gasteiger partial charge in [-0.1, -0.05) is 12.1 Å². The van der Waals surface area contributed by atoms with E-state index in [-0.39, 0.29) is 12.4 Å². The lowest BCUT2D eigenvalue weighted by atomic mass is 10.3. The smallest absolute Gasteiger partial charge is 0.287 e. The molecule has 2 aromatic rings. The first-order valence-corrected chi connectivity index (χ1v) is 5.97. The fourth-order valence-electron chi connectivity index (χ4n) is 1.50. The fraction of sp³-hybridized carbons (Fsp3) is 0.417. The molecule has 2 rings (SSSR count). The number of nitrogens with zero attached hydrogens (tertiary/aromatic N) is 2. The topological polar surface area (TPSA) is 101 Å². The number of furan rings is 1. The second-order valence-electron chi connectivity index (χ2n) is 4.02. The first kappa shape index (κ1) is 13.3. The highest BCUT2D eigenvalue weighted by molar-refractivity contribution is 5.91. The van der Waals surface area contributed by atoms with E-state index in [2.05, 4.69) is 15.5 Å². The number of hydrogen-bond donors (Lipinski definition) is 2. The maximum Gasteiger partial charge on any atom is 0.287 e. The maximum atomic E-state index is 11.9. The summed E-state index contributed by atoms with van der Waals surface area (Å²) in [5.41, 5.74) is 0. The van der Waals surface area contributed by atoms with Crippen LogP contribution in [-0.4, -0.2) is 21.2 Å². The van der Waals surface area contributed by atoms with Crippen LogP contribution >= 0.6 is 0 Å². The lowest BCUT2D eigenvalue weighted by Crippen LogP contribution is -2.26. The minimum absolute atomic E-state index is 0.131. The molecule has 0 spiro atoms. The monoisotopic (exact) mass is 265 g/mol. The van der Waals surface area contributed by atoms with Gasteiger partial charge in [-0.05, 0) is 19.1 Å². The minimum atomic E-state index is -0.414. The lowest BCUT2D eigenvalue weighted by Gasteiger charge is -2.07. The lowest BCUT2D eigenvalue weighted by molar-refractivity contribution is 0.0899. The summed E-state index contributed by atoms with van der Waals surface area (Å²) in [6.45, 7) is 3.41. The van der Waals surface area contributed by atoms with Gasteiger partial charge in [0.05, 0.1) is 0 Å². The standard InChI is InChI=1S/C12H15N3O4/c1-3-10-14-12(19-15-10)7(2)13-11(17)9-5-4-8(6-16)18-9/h4-5,7,16H,3,6H2,1-2H3,(H,13,17). The molecule has 7 heteroatoms. The van der Waals surface area contributed by atoms with Crippen molar-refractivity contribution in [2.24, 2.45) is 0 Å². The molecule has 2 heterocycles. The average molecular weight is 265 g/mol. The van der Waals surface area contributed by atoms with E-state index < -0.39 is 11.9 Å². The molecule has 0 bridgehead atoms. The molecule has 1 unspecified atom stereocenters. The number of aryl methyl sites for hydroxylation is 1. The van der Waals surface area contributed by atoms with Crippen molar-refractivity contribution in [2.45, 2.75) is 32.9 Å². The van der Waals surface area contributed by atoms with Crippen LogP contribution in [0.25, 0.3) is 0 Å². The summed E-state index contributed by atoms with van der Waals surface area (Å²) in [6, 6.07) is 2.63. The molecule has 0 aliphatic carbocycles. The molecular formula is C12H15N3O4. The van der Waals surface area contributed by atoms with Gasteiger partial charge >= 0.3 is 0 Å². The number of carbonyl (C=O) groups excluding carboxylic acids is 1. The first-order chi connectivity index (χ1) is 9.13. The van der Waals surface area contributed by atoms with Crippen LogP contribution in [0.5, 0.6) is 0 Å². The van der Waals surface area contributed by atoms with E-state index >= 15 is 0 Å². The van der Waals surface area contributed by atoms with Crippen molar-refractivity contribution in [3.05, 3.63) is 35.4 Å². The first-order valence-electron chi connectivity index (χ1n) is 5.97. The Kier molecular flexibility index (Phi) is 3.96. The summed E-state index contributed by atoms with van der Waals surface area (Å²) in [7, 11) is 0. The van der Waals surface area contributed by atoms with Crippen molar-refractivity contribution in [3.63, 3.8) is 0 Å². The van der Waals surface area contributed by atoms with E-state index in [4.69, 9.17) is 14.0 Å². The Bertz CT molecular complexity index is 561. The highest BCUT2D eigenvalue weighted by Crippen LogP contribution is 2.13. The number of aromatic nitrogens is 2. The molecule has 0 aliphatic rings. The zero-order valence-corrected chi connectivity index (χ0v) is 10.7. The van der Waals surface area contributed by atoms with E-state index in [1.165, 1.54) is 6.07 Å². The normalized spacial score (nSPS) is 12.4.